The molecule has 0 unspecified atom stereocenters. The molecule has 2 aromatic carbocycles. The average molecular weight is 276 g/mol. The Hall–Kier alpha value is -2.23. The highest BCUT2D eigenvalue weighted by Crippen LogP contribution is 2.25. The monoisotopic (exact) mass is 276 g/mol. The third kappa shape index (κ3) is 4.16. The van der Waals surface area contributed by atoms with Crippen LogP contribution in [0.15, 0.2) is 48.5 Å². The normalized spacial score (nSPS) is 10.1. The molecule has 106 valence electrons. The molecule has 20 heavy (non-hydrogen) atoms. The molecule has 0 bridgehead atoms. The van der Waals surface area contributed by atoms with Crippen LogP contribution in [0.1, 0.15) is 6.92 Å². The fourth-order valence-corrected chi connectivity index (χ4v) is 1.67. The number of benzene rings is 2. The molecular formula is C16H17FO3. The van der Waals surface area contributed by atoms with Crippen molar-refractivity contribution in [2.75, 3.05) is 19.9 Å². The molecule has 0 amide bonds. The van der Waals surface area contributed by atoms with Crippen molar-refractivity contribution in [2.45, 2.75) is 6.92 Å². The Morgan fingerprint density at radius 2 is 1.20 bits per heavy atom. The topological polar surface area (TPSA) is 27.7 Å². The van der Waals surface area contributed by atoms with E-state index in [0.29, 0.717) is 18.1 Å². The third-order valence-electron chi connectivity index (χ3n) is 2.54. The van der Waals surface area contributed by atoms with Crippen molar-refractivity contribution < 1.29 is 18.6 Å². The number of hydrogen-bond acceptors (Lipinski definition) is 3. The van der Waals surface area contributed by atoms with Crippen molar-refractivity contribution in [3.63, 3.8) is 0 Å². The molecule has 0 atom stereocenters. The van der Waals surface area contributed by atoms with Gasteiger partial charge in [0.25, 0.3) is 0 Å². The quantitative estimate of drug-likeness (QED) is 0.757. The van der Waals surface area contributed by atoms with Gasteiger partial charge in [-0.2, -0.15) is 0 Å². The van der Waals surface area contributed by atoms with E-state index in [1.165, 1.54) is 0 Å². The van der Waals surface area contributed by atoms with E-state index in [2.05, 4.69) is 0 Å². The van der Waals surface area contributed by atoms with Crippen LogP contribution in [0.25, 0.3) is 0 Å². The van der Waals surface area contributed by atoms with E-state index >= 15 is 0 Å². The summed E-state index contributed by atoms with van der Waals surface area (Å²) in [5, 5.41) is 0. The predicted molar refractivity (Wildman–Crippen MR) is 75.6 cm³/mol. The van der Waals surface area contributed by atoms with Crippen LogP contribution in [-0.4, -0.2) is 19.9 Å². The van der Waals surface area contributed by atoms with Crippen molar-refractivity contribution in [1.29, 1.82) is 0 Å². The SMILES string of the molecule is CCOc1ccc(Oc2ccc(OCCF)cc2)cc1. The lowest BCUT2D eigenvalue weighted by Crippen LogP contribution is -1.98. The molecule has 0 heterocycles. The molecule has 0 aromatic heterocycles. The van der Waals surface area contributed by atoms with Crippen LogP contribution >= 0.6 is 0 Å². The Bertz CT molecular complexity index is 508. The van der Waals surface area contributed by atoms with Gasteiger partial charge in [-0.1, -0.05) is 0 Å². The van der Waals surface area contributed by atoms with Gasteiger partial charge in [-0.05, 0) is 55.5 Å². The number of rotatable bonds is 7. The minimum Gasteiger partial charge on any atom is -0.494 e. The molecule has 2 rings (SSSR count). The highest BCUT2D eigenvalue weighted by molar-refractivity contribution is 5.37. The fourth-order valence-electron chi connectivity index (χ4n) is 1.67. The molecule has 0 aliphatic carbocycles. The van der Waals surface area contributed by atoms with E-state index in [1.54, 1.807) is 24.3 Å². The first-order valence-electron chi connectivity index (χ1n) is 6.51. The Morgan fingerprint density at radius 1 is 0.750 bits per heavy atom. The standard InChI is InChI=1S/C16H17FO3/c1-2-18-13-3-7-15(8-4-13)20-16-9-5-14(6-10-16)19-12-11-17/h3-10H,2,11-12H2,1H3. The van der Waals surface area contributed by atoms with Gasteiger partial charge in [0.1, 0.15) is 36.3 Å². The largest absolute Gasteiger partial charge is 0.494 e. The van der Waals surface area contributed by atoms with Gasteiger partial charge >= 0.3 is 0 Å². The van der Waals surface area contributed by atoms with Gasteiger partial charge in [0, 0.05) is 0 Å². The van der Waals surface area contributed by atoms with Crippen LogP contribution in [0, 0.1) is 0 Å². The molecule has 0 N–H and O–H groups in total. The second-order valence-electron chi connectivity index (χ2n) is 4.02. The summed E-state index contributed by atoms with van der Waals surface area (Å²) >= 11 is 0. The zero-order chi connectivity index (χ0) is 14.2. The number of halogens is 1. The maximum Gasteiger partial charge on any atom is 0.127 e. The van der Waals surface area contributed by atoms with Crippen LogP contribution in [0.4, 0.5) is 4.39 Å². The van der Waals surface area contributed by atoms with Crippen LogP contribution in [-0.2, 0) is 0 Å². The van der Waals surface area contributed by atoms with E-state index in [-0.39, 0.29) is 6.61 Å². The summed E-state index contributed by atoms with van der Waals surface area (Å²) in [6, 6.07) is 14.5. The lowest BCUT2D eigenvalue weighted by molar-refractivity contribution is 0.273. The molecule has 0 spiro atoms. The first-order chi connectivity index (χ1) is 9.81. The van der Waals surface area contributed by atoms with Gasteiger partial charge in [-0.25, -0.2) is 4.39 Å². The van der Waals surface area contributed by atoms with Gasteiger partial charge < -0.3 is 14.2 Å². The van der Waals surface area contributed by atoms with Crippen LogP contribution in [0.2, 0.25) is 0 Å². The molecule has 0 aliphatic heterocycles. The predicted octanol–water partition coefficient (Wildman–Crippen LogP) is 4.23. The number of hydrogen-bond donors (Lipinski definition) is 0. The van der Waals surface area contributed by atoms with E-state index in [1.807, 2.05) is 31.2 Å². The van der Waals surface area contributed by atoms with Gasteiger partial charge in [-0.15, -0.1) is 0 Å². The zero-order valence-electron chi connectivity index (χ0n) is 11.3. The smallest absolute Gasteiger partial charge is 0.127 e. The van der Waals surface area contributed by atoms with E-state index in [0.717, 1.165) is 11.5 Å². The maximum absolute atomic E-state index is 12.0. The van der Waals surface area contributed by atoms with Crippen molar-refractivity contribution >= 4 is 0 Å². The van der Waals surface area contributed by atoms with Crippen LogP contribution in [0.3, 0.4) is 0 Å². The lowest BCUT2D eigenvalue weighted by Gasteiger charge is -2.08. The first-order valence-corrected chi connectivity index (χ1v) is 6.51. The molecule has 0 fully saturated rings. The Morgan fingerprint density at radius 3 is 1.65 bits per heavy atom. The Labute approximate surface area is 117 Å². The second-order valence-corrected chi connectivity index (χ2v) is 4.02. The van der Waals surface area contributed by atoms with E-state index in [9.17, 15) is 4.39 Å². The van der Waals surface area contributed by atoms with Gasteiger partial charge in [0.2, 0.25) is 0 Å². The summed E-state index contributed by atoms with van der Waals surface area (Å²) in [5.41, 5.74) is 0. The Kier molecular flexibility index (Phi) is 5.24. The second kappa shape index (κ2) is 7.38. The summed E-state index contributed by atoms with van der Waals surface area (Å²) in [4.78, 5) is 0. The number of ether oxygens (including phenoxy) is 3. The minimum atomic E-state index is -0.496. The van der Waals surface area contributed by atoms with Crippen molar-refractivity contribution in [1.82, 2.24) is 0 Å². The van der Waals surface area contributed by atoms with Gasteiger partial charge in [0.05, 0.1) is 6.61 Å². The average Bonchev–Trinajstić information content (AvgIpc) is 2.49. The lowest BCUT2D eigenvalue weighted by atomic mass is 10.3. The molecule has 2 aromatic rings. The summed E-state index contributed by atoms with van der Waals surface area (Å²) in [6.07, 6.45) is 0. The highest BCUT2D eigenvalue weighted by Gasteiger charge is 1.99. The minimum absolute atomic E-state index is 0.0685. The molecule has 4 heteroatoms. The van der Waals surface area contributed by atoms with Gasteiger partial charge in [0.15, 0.2) is 0 Å². The third-order valence-corrected chi connectivity index (χ3v) is 2.54. The summed E-state index contributed by atoms with van der Waals surface area (Å²) < 4.78 is 28.2. The maximum atomic E-state index is 12.0. The molecule has 0 aliphatic rings. The van der Waals surface area contributed by atoms with Crippen molar-refractivity contribution in [3.8, 4) is 23.0 Å². The molecule has 3 nitrogen and oxygen atoms in total. The van der Waals surface area contributed by atoms with E-state index < -0.39 is 6.67 Å². The van der Waals surface area contributed by atoms with Crippen molar-refractivity contribution in [3.05, 3.63) is 48.5 Å². The molecule has 0 radical (unpaired) electrons. The zero-order valence-corrected chi connectivity index (χ0v) is 11.3. The van der Waals surface area contributed by atoms with Crippen LogP contribution in [0.5, 0.6) is 23.0 Å². The summed E-state index contributed by atoms with van der Waals surface area (Å²) in [6.45, 7) is 2.15. The van der Waals surface area contributed by atoms with E-state index in [4.69, 9.17) is 14.2 Å². The Balaban J connectivity index is 1.95. The highest BCUT2D eigenvalue weighted by atomic mass is 19.1. The number of alkyl halides is 1. The van der Waals surface area contributed by atoms with Gasteiger partial charge in [-0.3, -0.25) is 0 Å². The fraction of sp³-hybridized carbons (Fsp3) is 0.250. The molecule has 0 saturated carbocycles. The van der Waals surface area contributed by atoms with Crippen molar-refractivity contribution in [2.24, 2.45) is 0 Å². The molecule has 0 saturated heterocycles. The summed E-state index contributed by atoms with van der Waals surface area (Å²) in [7, 11) is 0. The van der Waals surface area contributed by atoms with Crippen LogP contribution < -0.4 is 14.2 Å². The molecular weight excluding hydrogens is 259 g/mol. The first kappa shape index (κ1) is 14.2. The summed E-state index contributed by atoms with van der Waals surface area (Å²) in [5.74, 6) is 2.86.